The maximum atomic E-state index is 12.7. The Bertz CT molecular complexity index is 1070. The van der Waals surface area contributed by atoms with Crippen LogP contribution >= 0.6 is 0 Å². The molecule has 0 saturated carbocycles. The molecule has 4 aromatic rings. The first-order valence-corrected chi connectivity index (χ1v) is 8.08. The van der Waals surface area contributed by atoms with E-state index in [0.717, 1.165) is 38.5 Å². The van der Waals surface area contributed by atoms with Crippen molar-refractivity contribution in [3.05, 3.63) is 89.6 Å². The molecule has 0 atom stereocenters. The normalized spacial score (nSPS) is 11.0. The second-order valence-corrected chi connectivity index (χ2v) is 6.09. The lowest BCUT2D eigenvalue weighted by atomic mass is 9.99. The predicted molar refractivity (Wildman–Crippen MR) is 98.5 cm³/mol. The average molecular weight is 311 g/mol. The van der Waals surface area contributed by atoms with Gasteiger partial charge in [-0.15, -0.1) is 0 Å². The summed E-state index contributed by atoms with van der Waals surface area (Å²) in [5.41, 5.74) is 3.62. The zero-order valence-corrected chi connectivity index (χ0v) is 13.5. The Morgan fingerprint density at radius 1 is 0.833 bits per heavy atom. The number of aryl methyl sites for hydroxylation is 1. The number of hydrogen-bond acceptors (Lipinski definition) is 2. The zero-order chi connectivity index (χ0) is 16.5. The van der Waals surface area contributed by atoms with E-state index >= 15 is 0 Å². The fraction of sp³-hybridized carbons (Fsp3) is 0.0909. The van der Waals surface area contributed by atoms with Gasteiger partial charge in [-0.05, 0) is 24.4 Å². The molecule has 24 heavy (non-hydrogen) atoms. The van der Waals surface area contributed by atoms with E-state index in [-0.39, 0.29) is 5.78 Å². The van der Waals surface area contributed by atoms with Crippen molar-refractivity contribution in [2.24, 2.45) is 0 Å². The molecule has 0 unspecified atom stereocenters. The van der Waals surface area contributed by atoms with Crippen LogP contribution in [-0.4, -0.2) is 10.8 Å². The van der Waals surface area contributed by atoms with Crippen molar-refractivity contribution in [1.82, 2.24) is 4.98 Å². The molecule has 0 bridgehead atoms. The van der Waals surface area contributed by atoms with Gasteiger partial charge in [-0.25, -0.2) is 0 Å². The molecule has 0 aliphatic rings. The van der Waals surface area contributed by atoms with E-state index in [1.54, 1.807) is 0 Å². The number of fused-ring (bicyclic) bond motifs is 3. The molecule has 4 rings (SSSR count). The van der Waals surface area contributed by atoms with Gasteiger partial charge in [-0.1, -0.05) is 66.2 Å². The third kappa shape index (κ3) is 2.56. The van der Waals surface area contributed by atoms with Gasteiger partial charge in [0.25, 0.3) is 0 Å². The summed E-state index contributed by atoms with van der Waals surface area (Å²) in [7, 11) is 0. The van der Waals surface area contributed by atoms with E-state index in [9.17, 15) is 4.79 Å². The first-order chi connectivity index (χ1) is 11.7. The second kappa shape index (κ2) is 5.89. The van der Waals surface area contributed by atoms with Crippen LogP contribution in [0.4, 0.5) is 0 Å². The van der Waals surface area contributed by atoms with Crippen LogP contribution in [-0.2, 0) is 6.42 Å². The molecular formula is C22H17NO. The van der Waals surface area contributed by atoms with Crippen molar-refractivity contribution >= 4 is 27.5 Å². The van der Waals surface area contributed by atoms with E-state index in [1.165, 1.54) is 0 Å². The molecule has 1 aromatic heterocycles. The Morgan fingerprint density at radius 3 is 2.33 bits per heavy atom. The number of pyridine rings is 1. The highest BCUT2D eigenvalue weighted by atomic mass is 16.1. The van der Waals surface area contributed by atoms with Gasteiger partial charge in [0.15, 0.2) is 5.78 Å². The number of ketones is 1. The van der Waals surface area contributed by atoms with Crippen molar-refractivity contribution in [3.63, 3.8) is 0 Å². The van der Waals surface area contributed by atoms with Gasteiger partial charge in [0, 0.05) is 16.3 Å². The first kappa shape index (κ1) is 14.6. The number of para-hydroxylation sites is 1. The monoisotopic (exact) mass is 311 g/mol. The Labute approximate surface area is 140 Å². The van der Waals surface area contributed by atoms with E-state index in [1.807, 2.05) is 67.6 Å². The maximum absolute atomic E-state index is 12.7. The molecule has 116 valence electrons. The Balaban J connectivity index is 1.85. The molecule has 0 aliphatic carbocycles. The van der Waals surface area contributed by atoms with Crippen LogP contribution in [0.2, 0.25) is 0 Å². The second-order valence-electron chi connectivity index (χ2n) is 6.09. The van der Waals surface area contributed by atoms with Crippen molar-refractivity contribution in [2.45, 2.75) is 13.3 Å². The lowest BCUT2D eigenvalue weighted by Crippen LogP contribution is -2.06. The molecule has 0 amide bonds. The predicted octanol–water partition coefficient (Wildman–Crippen LogP) is 5.12. The topological polar surface area (TPSA) is 30.0 Å². The third-order valence-corrected chi connectivity index (χ3v) is 4.36. The average Bonchev–Trinajstić information content (AvgIpc) is 2.62. The SMILES string of the molecule is Cc1cccc(C(=O)Cc2nc3ccccc3c3ccccc23)c1. The smallest absolute Gasteiger partial charge is 0.168 e. The summed E-state index contributed by atoms with van der Waals surface area (Å²) >= 11 is 0. The van der Waals surface area contributed by atoms with Crippen LogP contribution in [0.3, 0.4) is 0 Å². The molecule has 0 radical (unpaired) electrons. The molecule has 1 heterocycles. The molecule has 0 spiro atoms. The highest BCUT2D eigenvalue weighted by Crippen LogP contribution is 2.27. The summed E-state index contributed by atoms with van der Waals surface area (Å²) in [6, 6.07) is 24.0. The number of carbonyl (C=O) groups excluding carboxylic acids is 1. The molecule has 0 fully saturated rings. The Hall–Kier alpha value is -3.00. The minimum Gasteiger partial charge on any atom is -0.294 e. The van der Waals surface area contributed by atoms with Gasteiger partial charge in [-0.2, -0.15) is 0 Å². The number of benzene rings is 3. The Morgan fingerprint density at radius 2 is 1.54 bits per heavy atom. The molecular weight excluding hydrogens is 294 g/mol. The third-order valence-electron chi connectivity index (χ3n) is 4.36. The Kier molecular flexibility index (Phi) is 3.58. The van der Waals surface area contributed by atoms with Gasteiger partial charge in [0.1, 0.15) is 0 Å². The van der Waals surface area contributed by atoms with Crippen LogP contribution in [0.5, 0.6) is 0 Å². The molecule has 3 aromatic carbocycles. The fourth-order valence-electron chi connectivity index (χ4n) is 3.18. The summed E-state index contributed by atoms with van der Waals surface area (Å²) in [5.74, 6) is 0.103. The van der Waals surface area contributed by atoms with Crippen LogP contribution in [0, 0.1) is 6.92 Å². The van der Waals surface area contributed by atoms with Crippen LogP contribution in [0.15, 0.2) is 72.8 Å². The number of nitrogens with zero attached hydrogens (tertiary/aromatic N) is 1. The minimum absolute atomic E-state index is 0.103. The van der Waals surface area contributed by atoms with E-state index < -0.39 is 0 Å². The van der Waals surface area contributed by atoms with Crippen LogP contribution in [0.25, 0.3) is 21.7 Å². The van der Waals surface area contributed by atoms with Crippen molar-refractivity contribution in [2.75, 3.05) is 0 Å². The van der Waals surface area contributed by atoms with E-state index in [0.29, 0.717) is 6.42 Å². The van der Waals surface area contributed by atoms with Gasteiger partial charge in [-0.3, -0.25) is 9.78 Å². The van der Waals surface area contributed by atoms with Crippen molar-refractivity contribution in [1.29, 1.82) is 0 Å². The number of aromatic nitrogens is 1. The van der Waals surface area contributed by atoms with Gasteiger partial charge < -0.3 is 0 Å². The number of Topliss-reactive ketones (excluding diaryl/α,β-unsaturated/α-hetero) is 1. The molecule has 2 nitrogen and oxygen atoms in total. The highest BCUT2D eigenvalue weighted by molar-refractivity contribution is 6.08. The highest BCUT2D eigenvalue weighted by Gasteiger charge is 2.13. The van der Waals surface area contributed by atoms with Crippen molar-refractivity contribution < 1.29 is 4.79 Å². The quantitative estimate of drug-likeness (QED) is 0.388. The fourth-order valence-corrected chi connectivity index (χ4v) is 3.18. The van der Waals surface area contributed by atoms with Crippen molar-refractivity contribution in [3.8, 4) is 0 Å². The standard InChI is InChI=1S/C22H17NO/c1-15-7-6-8-16(13-15)22(24)14-21-19-11-3-2-9-17(19)18-10-4-5-12-20(18)23-21/h2-13H,14H2,1H3. The number of carbonyl (C=O) groups is 1. The van der Waals surface area contributed by atoms with E-state index in [2.05, 4.69) is 12.1 Å². The summed E-state index contributed by atoms with van der Waals surface area (Å²) in [5, 5.41) is 3.33. The van der Waals surface area contributed by atoms with Crippen LogP contribution in [0.1, 0.15) is 21.6 Å². The molecule has 0 N–H and O–H groups in total. The molecule has 0 aliphatic heterocycles. The van der Waals surface area contributed by atoms with Gasteiger partial charge >= 0.3 is 0 Å². The van der Waals surface area contributed by atoms with Gasteiger partial charge in [0.2, 0.25) is 0 Å². The summed E-state index contributed by atoms with van der Waals surface area (Å²) in [4.78, 5) is 17.5. The number of rotatable bonds is 3. The first-order valence-electron chi connectivity index (χ1n) is 8.08. The summed E-state index contributed by atoms with van der Waals surface area (Å²) in [6.45, 7) is 2.00. The lowest BCUT2D eigenvalue weighted by molar-refractivity contribution is 0.0992. The minimum atomic E-state index is 0.103. The summed E-state index contributed by atoms with van der Waals surface area (Å²) in [6.07, 6.45) is 0.314. The van der Waals surface area contributed by atoms with Gasteiger partial charge in [0.05, 0.1) is 17.6 Å². The summed E-state index contributed by atoms with van der Waals surface area (Å²) < 4.78 is 0. The maximum Gasteiger partial charge on any atom is 0.168 e. The molecule has 0 saturated heterocycles. The van der Waals surface area contributed by atoms with E-state index in [4.69, 9.17) is 4.98 Å². The number of hydrogen-bond donors (Lipinski definition) is 0. The lowest BCUT2D eigenvalue weighted by Gasteiger charge is -2.09. The zero-order valence-electron chi connectivity index (χ0n) is 13.5. The largest absolute Gasteiger partial charge is 0.294 e. The van der Waals surface area contributed by atoms with Crippen LogP contribution < -0.4 is 0 Å². The molecule has 2 heteroatoms.